The van der Waals surface area contributed by atoms with Gasteiger partial charge >= 0.3 is 0 Å². The number of carbonyl (C=O) groups is 2. The number of nitrogens with zero attached hydrogens (tertiary/aromatic N) is 2. The van der Waals surface area contributed by atoms with Crippen LogP contribution in [-0.2, 0) is 16.1 Å². The van der Waals surface area contributed by atoms with Gasteiger partial charge in [0.1, 0.15) is 13.1 Å². The van der Waals surface area contributed by atoms with E-state index in [1.54, 1.807) is 9.80 Å². The zero-order valence-electron chi connectivity index (χ0n) is 10.8. The molecule has 0 unspecified atom stereocenters. The first-order chi connectivity index (χ1) is 8.58. The third kappa shape index (κ3) is 2.70. The van der Waals surface area contributed by atoms with Crippen molar-refractivity contribution in [3.8, 4) is 0 Å². The molecule has 0 N–H and O–H groups in total. The molecule has 0 atom stereocenters. The van der Waals surface area contributed by atoms with E-state index in [1.807, 2.05) is 44.2 Å². The Morgan fingerprint density at radius 2 is 1.72 bits per heavy atom. The van der Waals surface area contributed by atoms with E-state index in [-0.39, 0.29) is 30.9 Å². The van der Waals surface area contributed by atoms with Crippen molar-refractivity contribution in [3.05, 3.63) is 35.9 Å². The molecule has 1 aliphatic heterocycles. The van der Waals surface area contributed by atoms with Crippen molar-refractivity contribution in [1.29, 1.82) is 0 Å². The first-order valence-corrected chi connectivity index (χ1v) is 6.19. The zero-order valence-corrected chi connectivity index (χ0v) is 10.8. The predicted molar refractivity (Wildman–Crippen MR) is 68.7 cm³/mol. The van der Waals surface area contributed by atoms with Crippen LogP contribution in [0.1, 0.15) is 19.4 Å². The van der Waals surface area contributed by atoms with E-state index in [0.29, 0.717) is 6.54 Å². The first kappa shape index (κ1) is 12.6. The van der Waals surface area contributed by atoms with Gasteiger partial charge in [-0.05, 0) is 19.4 Å². The van der Waals surface area contributed by atoms with E-state index in [9.17, 15) is 9.59 Å². The highest BCUT2D eigenvalue weighted by Gasteiger charge is 2.30. The lowest BCUT2D eigenvalue weighted by Crippen LogP contribution is -2.55. The molecule has 4 heteroatoms. The molecule has 0 aromatic heterocycles. The average molecular weight is 246 g/mol. The van der Waals surface area contributed by atoms with Gasteiger partial charge in [-0.15, -0.1) is 0 Å². The van der Waals surface area contributed by atoms with Crippen LogP contribution >= 0.6 is 0 Å². The van der Waals surface area contributed by atoms with Crippen LogP contribution in [0.5, 0.6) is 0 Å². The van der Waals surface area contributed by atoms with Gasteiger partial charge in [0.05, 0.1) is 0 Å². The van der Waals surface area contributed by atoms with Gasteiger partial charge in [-0.2, -0.15) is 0 Å². The summed E-state index contributed by atoms with van der Waals surface area (Å²) in [6.07, 6.45) is 0. The Morgan fingerprint density at radius 3 is 2.33 bits per heavy atom. The molecule has 4 nitrogen and oxygen atoms in total. The SMILES string of the molecule is CC(C)N1CC(=O)N(Cc2ccccc2)CC1=O. The fraction of sp³-hybridized carbons (Fsp3) is 0.429. The summed E-state index contributed by atoms with van der Waals surface area (Å²) >= 11 is 0. The number of carbonyl (C=O) groups excluding carboxylic acids is 2. The fourth-order valence-corrected chi connectivity index (χ4v) is 2.09. The Hall–Kier alpha value is -1.84. The smallest absolute Gasteiger partial charge is 0.242 e. The molecule has 0 saturated carbocycles. The summed E-state index contributed by atoms with van der Waals surface area (Å²) < 4.78 is 0. The molecule has 18 heavy (non-hydrogen) atoms. The standard InChI is InChI=1S/C14H18N2O2/c1-11(2)16-10-13(17)15(9-14(16)18)8-12-6-4-3-5-7-12/h3-7,11H,8-10H2,1-2H3. The lowest BCUT2D eigenvalue weighted by molar-refractivity contribution is -0.152. The first-order valence-electron chi connectivity index (χ1n) is 6.19. The van der Waals surface area contributed by atoms with Gasteiger partial charge in [0.25, 0.3) is 0 Å². The maximum Gasteiger partial charge on any atom is 0.242 e. The highest BCUT2D eigenvalue weighted by molar-refractivity contribution is 5.92. The Labute approximate surface area is 107 Å². The van der Waals surface area contributed by atoms with Crippen molar-refractivity contribution >= 4 is 11.8 Å². The summed E-state index contributed by atoms with van der Waals surface area (Å²) in [6.45, 7) is 4.75. The third-order valence-corrected chi connectivity index (χ3v) is 3.14. The largest absolute Gasteiger partial charge is 0.329 e. The summed E-state index contributed by atoms with van der Waals surface area (Å²) in [7, 11) is 0. The minimum atomic E-state index is 0.0205. The van der Waals surface area contributed by atoms with Gasteiger partial charge in [0, 0.05) is 12.6 Å². The molecule has 1 aliphatic rings. The Morgan fingerprint density at radius 1 is 1.06 bits per heavy atom. The topological polar surface area (TPSA) is 40.6 Å². The number of rotatable bonds is 3. The van der Waals surface area contributed by atoms with E-state index >= 15 is 0 Å². The molecule has 1 aromatic rings. The zero-order chi connectivity index (χ0) is 13.1. The highest BCUT2D eigenvalue weighted by atomic mass is 16.2. The van der Waals surface area contributed by atoms with Crippen molar-refractivity contribution < 1.29 is 9.59 Å². The second kappa shape index (κ2) is 5.21. The van der Waals surface area contributed by atoms with Crippen LogP contribution in [-0.4, -0.2) is 40.7 Å². The number of amides is 2. The van der Waals surface area contributed by atoms with Crippen LogP contribution in [0.15, 0.2) is 30.3 Å². The van der Waals surface area contributed by atoms with E-state index in [2.05, 4.69) is 0 Å². The van der Waals surface area contributed by atoms with Crippen molar-refractivity contribution in [2.75, 3.05) is 13.1 Å². The average Bonchev–Trinajstić information content (AvgIpc) is 2.34. The maximum atomic E-state index is 12.0. The van der Waals surface area contributed by atoms with Gasteiger partial charge in [0.2, 0.25) is 11.8 Å². The summed E-state index contributed by atoms with van der Waals surface area (Å²) in [4.78, 5) is 27.2. The highest BCUT2D eigenvalue weighted by Crippen LogP contribution is 2.12. The van der Waals surface area contributed by atoms with E-state index in [4.69, 9.17) is 0 Å². The molecule has 1 fully saturated rings. The summed E-state index contributed by atoms with van der Waals surface area (Å²) in [6, 6.07) is 9.82. The van der Waals surface area contributed by atoms with Gasteiger partial charge in [0.15, 0.2) is 0 Å². The van der Waals surface area contributed by atoms with Gasteiger partial charge < -0.3 is 9.80 Å². The molecule has 1 heterocycles. The normalized spacial score (nSPS) is 16.6. The summed E-state index contributed by atoms with van der Waals surface area (Å²) in [5.41, 5.74) is 1.05. The molecule has 0 spiro atoms. The molecule has 1 saturated heterocycles. The molecule has 2 amide bonds. The minimum Gasteiger partial charge on any atom is -0.329 e. The monoisotopic (exact) mass is 246 g/mol. The van der Waals surface area contributed by atoms with Gasteiger partial charge in [-0.25, -0.2) is 0 Å². The molecular formula is C14H18N2O2. The molecule has 0 bridgehead atoms. The van der Waals surface area contributed by atoms with Crippen LogP contribution in [0.3, 0.4) is 0 Å². The summed E-state index contributed by atoms with van der Waals surface area (Å²) in [5.74, 6) is 0.0488. The molecule has 0 radical (unpaired) electrons. The number of benzene rings is 1. The lowest BCUT2D eigenvalue weighted by atomic mass is 10.1. The van der Waals surface area contributed by atoms with Crippen LogP contribution in [0.4, 0.5) is 0 Å². The summed E-state index contributed by atoms with van der Waals surface area (Å²) in [5, 5.41) is 0. The van der Waals surface area contributed by atoms with Crippen molar-refractivity contribution in [2.24, 2.45) is 0 Å². The van der Waals surface area contributed by atoms with Crippen molar-refractivity contribution in [2.45, 2.75) is 26.4 Å². The molecule has 96 valence electrons. The lowest BCUT2D eigenvalue weighted by Gasteiger charge is -2.36. The Balaban J connectivity index is 2.04. The molecule has 2 rings (SSSR count). The Kier molecular flexibility index (Phi) is 3.65. The van der Waals surface area contributed by atoms with Crippen molar-refractivity contribution in [3.63, 3.8) is 0 Å². The number of hydrogen-bond donors (Lipinski definition) is 0. The van der Waals surface area contributed by atoms with Gasteiger partial charge in [-0.1, -0.05) is 30.3 Å². The number of piperazine rings is 1. The van der Waals surface area contributed by atoms with Crippen LogP contribution in [0.2, 0.25) is 0 Å². The fourth-order valence-electron chi connectivity index (χ4n) is 2.09. The second-order valence-corrected chi connectivity index (χ2v) is 4.85. The minimum absolute atomic E-state index is 0.0205. The molecule has 1 aromatic carbocycles. The van der Waals surface area contributed by atoms with E-state index < -0.39 is 0 Å². The van der Waals surface area contributed by atoms with Crippen molar-refractivity contribution in [1.82, 2.24) is 9.80 Å². The van der Waals surface area contributed by atoms with E-state index in [1.165, 1.54) is 0 Å². The predicted octanol–water partition coefficient (Wildman–Crippen LogP) is 1.27. The van der Waals surface area contributed by atoms with Crippen LogP contribution < -0.4 is 0 Å². The maximum absolute atomic E-state index is 12.0. The quantitative estimate of drug-likeness (QED) is 0.805. The van der Waals surface area contributed by atoms with Crippen LogP contribution in [0.25, 0.3) is 0 Å². The second-order valence-electron chi connectivity index (χ2n) is 4.85. The van der Waals surface area contributed by atoms with E-state index in [0.717, 1.165) is 5.56 Å². The molecular weight excluding hydrogens is 228 g/mol. The van der Waals surface area contributed by atoms with Gasteiger partial charge in [-0.3, -0.25) is 9.59 Å². The molecule has 0 aliphatic carbocycles. The third-order valence-electron chi connectivity index (χ3n) is 3.14. The Bertz CT molecular complexity index is 442. The van der Waals surface area contributed by atoms with Crippen LogP contribution in [0, 0.1) is 0 Å². The number of hydrogen-bond acceptors (Lipinski definition) is 2.